The van der Waals surface area contributed by atoms with Gasteiger partial charge in [0.25, 0.3) is 5.91 Å². The number of anilines is 1. The molecule has 1 amide bonds. The normalized spacial score (nSPS) is 10.7. The molecular weight excluding hydrogens is 364 g/mol. The van der Waals surface area contributed by atoms with Gasteiger partial charge in [-0.3, -0.25) is 14.2 Å². The van der Waals surface area contributed by atoms with Gasteiger partial charge in [-0.05, 0) is 41.5 Å². The first-order chi connectivity index (χ1) is 14.1. The first kappa shape index (κ1) is 18.5. The van der Waals surface area contributed by atoms with E-state index in [1.165, 1.54) is 11.5 Å². The Bertz CT molecular complexity index is 1210. The van der Waals surface area contributed by atoms with Crippen LogP contribution in [0.25, 0.3) is 22.0 Å². The number of hydrogen-bond acceptors (Lipinski definition) is 3. The van der Waals surface area contributed by atoms with Gasteiger partial charge in [-0.25, -0.2) is 0 Å². The second-order valence-corrected chi connectivity index (χ2v) is 6.72. The van der Waals surface area contributed by atoms with Gasteiger partial charge in [0.15, 0.2) is 0 Å². The zero-order valence-electron chi connectivity index (χ0n) is 16.2. The molecule has 5 nitrogen and oxygen atoms in total. The molecule has 0 bridgehead atoms. The molecule has 0 radical (unpaired) electrons. The molecule has 5 heteroatoms. The van der Waals surface area contributed by atoms with E-state index in [-0.39, 0.29) is 11.8 Å². The number of benzene rings is 3. The lowest BCUT2D eigenvalue weighted by molar-refractivity contribution is 0.0941. The Morgan fingerprint density at radius 3 is 2.38 bits per heavy atom. The van der Waals surface area contributed by atoms with Crippen LogP contribution >= 0.6 is 0 Å². The second-order valence-electron chi connectivity index (χ2n) is 6.72. The van der Waals surface area contributed by atoms with E-state index in [1.54, 1.807) is 31.5 Å². The van der Waals surface area contributed by atoms with Crippen molar-refractivity contribution in [3.05, 3.63) is 84.6 Å². The first-order valence-corrected chi connectivity index (χ1v) is 9.23. The summed E-state index contributed by atoms with van der Waals surface area (Å²) in [5.41, 5.74) is 3.85. The highest BCUT2D eigenvalue weighted by atomic mass is 16.5. The topological polar surface area (TPSA) is 60.3 Å². The third-order valence-electron chi connectivity index (χ3n) is 4.82. The van der Waals surface area contributed by atoms with Crippen LogP contribution in [0, 0.1) is 0 Å². The minimum Gasteiger partial charge on any atom is -0.497 e. The predicted octanol–water partition coefficient (Wildman–Crippen LogP) is 5.23. The highest BCUT2D eigenvalue weighted by Gasteiger charge is 2.18. The van der Waals surface area contributed by atoms with Crippen molar-refractivity contribution >= 4 is 28.4 Å². The summed E-state index contributed by atoms with van der Waals surface area (Å²) < 4.78 is 6.76. The molecule has 0 atom stereocenters. The van der Waals surface area contributed by atoms with Crippen LogP contribution in [0.4, 0.5) is 5.69 Å². The van der Waals surface area contributed by atoms with Crippen molar-refractivity contribution in [1.29, 1.82) is 0 Å². The van der Waals surface area contributed by atoms with Crippen molar-refractivity contribution in [2.24, 2.45) is 0 Å². The molecule has 0 saturated heterocycles. The number of carbonyl (C=O) groups is 2. The summed E-state index contributed by atoms with van der Waals surface area (Å²) >= 11 is 0. The molecule has 144 valence electrons. The maximum absolute atomic E-state index is 13.0. The number of ether oxygens (including phenoxy) is 1. The third kappa shape index (κ3) is 3.62. The minimum absolute atomic E-state index is 0.162. The maximum Gasteiger partial charge on any atom is 0.257 e. The van der Waals surface area contributed by atoms with E-state index in [0.29, 0.717) is 27.9 Å². The average Bonchev–Trinajstić information content (AvgIpc) is 3.14. The number of hydrogen-bond donors (Lipinski definition) is 1. The molecule has 29 heavy (non-hydrogen) atoms. The molecule has 0 aliphatic heterocycles. The van der Waals surface area contributed by atoms with Crippen LogP contribution in [0.2, 0.25) is 0 Å². The van der Waals surface area contributed by atoms with Gasteiger partial charge >= 0.3 is 0 Å². The van der Waals surface area contributed by atoms with E-state index in [9.17, 15) is 9.59 Å². The van der Waals surface area contributed by atoms with Crippen molar-refractivity contribution in [1.82, 2.24) is 4.57 Å². The zero-order valence-corrected chi connectivity index (χ0v) is 16.2. The van der Waals surface area contributed by atoms with Gasteiger partial charge < -0.3 is 10.1 Å². The van der Waals surface area contributed by atoms with Crippen molar-refractivity contribution in [3.8, 4) is 16.9 Å². The maximum atomic E-state index is 13.0. The van der Waals surface area contributed by atoms with Crippen LogP contribution in [0.1, 0.15) is 22.1 Å². The van der Waals surface area contributed by atoms with Gasteiger partial charge in [-0.2, -0.15) is 0 Å². The van der Waals surface area contributed by atoms with E-state index in [1.807, 2.05) is 54.6 Å². The molecule has 0 aliphatic carbocycles. The zero-order chi connectivity index (χ0) is 20.4. The number of fused-ring (bicyclic) bond motifs is 1. The Kier molecular flexibility index (Phi) is 4.87. The van der Waals surface area contributed by atoms with E-state index in [2.05, 4.69) is 5.32 Å². The lowest BCUT2D eigenvalue weighted by Gasteiger charge is -2.08. The first-order valence-electron chi connectivity index (χ1n) is 9.23. The van der Waals surface area contributed by atoms with E-state index >= 15 is 0 Å². The fraction of sp³-hybridized carbons (Fsp3) is 0.0833. The Labute approximate surface area is 168 Å². The van der Waals surface area contributed by atoms with E-state index in [4.69, 9.17) is 4.74 Å². The van der Waals surface area contributed by atoms with Crippen molar-refractivity contribution < 1.29 is 14.3 Å². The van der Waals surface area contributed by atoms with Crippen molar-refractivity contribution in [2.45, 2.75) is 6.92 Å². The van der Waals surface area contributed by atoms with Crippen LogP contribution in [0.5, 0.6) is 5.75 Å². The smallest absolute Gasteiger partial charge is 0.257 e. The number of methoxy groups -OCH3 is 1. The van der Waals surface area contributed by atoms with E-state index in [0.717, 1.165) is 11.1 Å². The SMILES string of the molecule is COc1ccc2c(c1)c(C(=O)Nc1cccc(-c3ccccc3)c1)cn2C(C)=O. The molecule has 1 N–H and O–H groups in total. The molecular formula is C24H20N2O3. The third-order valence-corrected chi connectivity index (χ3v) is 4.82. The minimum atomic E-state index is -0.284. The fourth-order valence-electron chi connectivity index (χ4n) is 3.38. The number of rotatable bonds is 4. The summed E-state index contributed by atoms with van der Waals surface area (Å²) in [4.78, 5) is 25.0. The molecule has 0 aliphatic rings. The average molecular weight is 384 g/mol. The summed E-state index contributed by atoms with van der Waals surface area (Å²) in [6, 6.07) is 23.0. The standard InChI is InChI=1S/C24H20N2O3/c1-16(27)26-15-22(21-14-20(29-2)11-12-23(21)26)24(28)25-19-10-6-9-18(13-19)17-7-4-3-5-8-17/h3-15H,1-2H3,(H,25,28). The largest absolute Gasteiger partial charge is 0.497 e. The molecule has 4 aromatic rings. The monoisotopic (exact) mass is 384 g/mol. The van der Waals surface area contributed by atoms with Crippen molar-refractivity contribution in [2.75, 3.05) is 12.4 Å². The molecule has 4 rings (SSSR count). The number of amides is 1. The summed E-state index contributed by atoms with van der Waals surface area (Å²) in [5.74, 6) is 0.178. The Balaban J connectivity index is 1.70. The number of nitrogens with one attached hydrogen (secondary N) is 1. The van der Waals surface area contributed by atoms with Gasteiger partial charge in [0, 0.05) is 24.2 Å². The number of nitrogens with zero attached hydrogens (tertiary/aromatic N) is 1. The van der Waals surface area contributed by atoms with E-state index < -0.39 is 0 Å². The van der Waals surface area contributed by atoms with Gasteiger partial charge in [0.05, 0.1) is 18.2 Å². The van der Waals surface area contributed by atoms with Crippen LogP contribution < -0.4 is 10.1 Å². The van der Waals surface area contributed by atoms with Gasteiger partial charge in [-0.15, -0.1) is 0 Å². The molecule has 0 unspecified atom stereocenters. The Hall–Kier alpha value is -3.86. The quantitative estimate of drug-likeness (QED) is 0.524. The predicted molar refractivity (Wildman–Crippen MR) is 115 cm³/mol. The molecule has 0 spiro atoms. The molecule has 1 heterocycles. The molecule has 1 aromatic heterocycles. The van der Waals surface area contributed by atoms with Gasteiger partial charge in [0.1, 0.15) is 5.75 Å². The Morgan fingerprint density at radius 1 is 0.897 bits per heavy atom. The summed E-state index contributed by atoms with van der Waals surface area (Å²) in [6.45, 7) is 1.47. The van der Waals surface area contributed by atoms with Crippen LogP contribution in [0.3, 0.4) is 0 Å². The highest BCUT2D eigenvalue weighted by molar-refractivity contribution is 6.14. The van der Waals surface area contributed by atoms with Gasteiger partial charge in [0.2, 0.25) is 5.91 Å². The van der Waals surface area contributed by atoms with Crippen LogP contribution in [-0.2, 0) is 0 Å². The Morgan fingerprint density at radius 2 is 1.66 bits per heavy atom. The second kappa shape index (κ2) is 7.64. The fourth-order valence-corrected chi connectivity index (χ4v) is 3.38. The highest BCUT2D eigenvalue weighted by Crippen LogP contribution is 2.28. The summed E-state index contributed by atoms with van der Waals surface area (Å²) in [6.07, 6.45) is 1.57. The number of aromatic nitrogens is 1. The molecule has 3 aromatic carbocycles. The molecule has 0 fully saturated rings. The lowest BCUT2D eigenvalue weighted by atomic mass is 10.1. The van der Waals surface area contributed by atoms with Crippen LogP contribution in [-0.4, -0.2) is 23.5 Å². The van der Waals surface area contributed by atoms with Crippen molar-refractivity contribution in [3.63, 3.8) is 0 Å². The van der Waals surface area contributed by atoms with Crippen LogP contribution in [0.15, 0.2) is 79.0 Å². The summed E-state index contributed by atoms with van der Waals surface area (Å²) in [7, 11) is 1.57. The summed E-state index contributed by atoms with van der Waals surface area (Å²) in [5, 5.41) is 3.61. The molecule has 0 saturated carbocycles. The number of carbonyl (C=O) groups excluding carboxylic acids is 2. The van der Waals surface area contributed by atoms with Gasteiger partial charge in [-0.1, -0.05) is 42.5 Å². The lowest BCUT2D eigenvalue weighted by Crippen LogP contribution is -2.12.